The number of hydrogen-bond acceptors (Lipinski definition) is 3. The number of fused-ring (bicyclic) bond motifs is 1. The average Bonchev–Trinajstić information content (AvgIpc) is 2.94. The molecular formula is C21H29FN4O2. The van der Waals surface area contributed by atoms with Gasteiger partial charge in [-0.2, -0.15) is 0 Å². The third-order valence-electron chi connectivity index (χ3n) is 5.92. The van der Waals surface area contributed by atoms with Crippen LogP contribution in [0.2, 0.25) is 0 Å². The highest BCUT2D eigenvalue weighted by molar-refractivity contribution is 5.84. The molecule has 0 bridgehead atoms. The summed E-state index contributed by atoms with van der Waals surface area (Å²) in [6.07, 6.45) is 4.86. The Morgan fingerprint density at radius 3 is 2.93 bits per heavy atom. The number of carbonyl (C=O) groups excluding carboxylic acids is 1. The fraction of sp³-hybridized carbons (Fsp3) is 0.571. The van der Waals surface area contributed by atoms with Gasteiger partial charge >= 0.3 is 6.03 Å². The van der Waals surface area contributed by atoms with Crippen molar-refractivity contribution in [3.8, 4) is 0 Å². The highest BCUT2D eigenvalue weighted by atomic mass is 19.1. The van der Waals surface area contributed by atoms with E-state index in [1.54, 1.807) is 12.1 Å². The summed E-state index contributed by atoms with van der Waals surface area (Å²) >= 11 is 0. The van der Waals surface area contributed by atoms with Gasteiger partial charge in [0.1, 0.15) is 5.82 Å². The number of urea groups is 1. The molecule has 28 heavy (non-hydrogen) atoms. The Kier molecular flexibility index (Phi) is 6.12. The van der Waals surface area contributed by atoms with Crippen molar-refractivity contribution in [3.63, 3.8) is 0 Å². The Morgan fingerprint density at radius 1 is 1.21 bits per heavy atom. The zero-order chi connectivity index (χ0) is 19.3. The lowest BCUT2D eigenvalue weighted by Crippen LogP contribution is -2.46. The molecule has 152 valence electrons. The van der Waals surface area contributed by atoms with Gasteiger partial charge in [0.15, 0.2) is 0 Å². The van der Waals surface area contributed by atoms with Crippen molar-refractivity contribution in [1.82, 2.24) is 20.1 Å². The maximum absolute atomic E-state index is 13.6. The van der Waals surface area contributed by atoms with Gasteiger partial charge in [-0.25, -0.2) is 9.18 Å². The molecule has 2 aliphatic heterocycles. The summed E-state index contributed by atoms with van der Waals surface area (Å²) in [6.45, 7) is 6.58. The Balaban J connectivity index is 1.25. The fourth-order valence-electron chi connectivity index (χ4n) is 4.30. The van der Waals surface area contributed by atoms with E-state index in [0.717, 1.165) is 81.7 Å². The molecule has 2 aromatic rings. The number of likely N-dealkylation sites (tertiary alicyclic amines) is 1. The molecule has 2 aliphatic rings. The van der Waals surface area contributed by atoms with E-state index in [1.807, 2.05) is 11.1 Å². The minimum atomic E-state index is -0.207. The number of aromatic amines is 1. The van der Waals surface area contributed by atoms with Gasteiger partial charge in [0.05, 0.1) is 6.61 Å². The number of carbonyl (C=O) groups is 1. The number of hydrogen-bond donors (Lipinski definition) is 2. The summed E-state index contributed by atoms with van der Waals surface area (Å²) in [5.74, 6) is 0.151. The van der Waals surface area contributed by atoms with Gasteiger partial charge in [-0.1, -0.05) is 0 Å². The number of nitrogens with one attached hydrogen (secondary N) is 2. The lowest BCUT2D eigenvalue weighted by atomic mass is 9.89. The van der Waals surface area contributed by atoms with Crippen LogP contribution in [0.4, 0.5) is 9.18 Å². The van der Waals surface area contributed by atoms with Gasteiger partial charge in [0.25, 0.3) is 0 Å². The van der Waals surface area contributed by atoms with Gasteiger partial charge in [-0.3, -0.25) is 4.90 Å². The lowest BCUT2D eigenvalue weighted by molar-refractivity contribution is 0.141. The largest absolute Gasteiger partial charge is 0.380 e. The molecule has 4 rings (SSSR count). The Bertz CT molecular complexity index is 793. The topological polar surface area (TPSA) is 60.6 Å². The number of nitrogens with zero attached hydrogens (tertiary/aromatic N) is 2. The normalized spacial score (nSPS) is 19.7. The minimum Gasteiger partial charge on any atom is -0.380 e. The molecule has 7 heteroatoms. The van der Waals surface area contributed by atoms with Crippen molar-refractivity contribution in [2.24, 2.45) is 0 Å². The van der Waals surface area contributed by atoms with E-state index in [4.69, 9.17) is 4.74 Å². The second kappa shape index (κ2) is 8.92. The van der Waals surface area contributed by atoms with Crippen LogP contribution in [0.15, 0.2) is 24.4 Å². The van der Waals surface area contributed by atoms with Crippen LogP contribution < -0.4 is 5.32 Å². The van der Waals surface area contributed by atoms with Crippen molar-refractivity contribution in [3.05, 3.63) is 35.8 Å². The third kappa shape index (κ3) is 4.47. The van der Waals surface area contributed by atoms with Gasteiger partial charge in [0, 0.05) is 63.0 Å². The number of H-pyrrole nitrogens is 1. The van der Waals surface area contributed by atoms with Crippen LogP contribution in [0, 0.1) is 5.82 Å². The summed E-state index contributed by atoms with van der Waals surface area (Å²) in [7, 11) is 0. The molecule has 2 fully saturated rings. The van der Waals surface area contributed by atoms with Crippen LogP contribution in [0.5, 0.6) is 0 Å². The Hall–Kier alpha value is -2.12. The first-order valence-electron chi connectivity index (χ1n) is 10.3. The van der Waals surface area contributed by atoms with Crippen molar-refractivity contribution < 1.29 is 13.9 Å². The summed E-state index contributed by atoms with van der Waals surface area (Å²) in [5, 5.41) is 4.02. The molecule has 2 N–H and O–H groups in total. The van der Waals surface area contributed by atoms with E-state index in [2.05, 4.69) is 15.2 Å². The lowest BCUT2D eigenvalue weighted by Gasteiger charge is -2.32. The van der Waals surface area contributed by atoms with Gasteiger partial charge in [0.2, 0.25) is 0 Å². The molecule has 1 aromatic carbocycles. The highest BCUT2D eigenvalue weighted by Gasteiger charge is 2.25. The highest BCUT2D eigenvalue weighted by Crippen LogP contribution is 2.33. The molecule has 2 amide bonds. The summed E-state index contributed by atoms with van der Waals surface area (Å²) in [5.41, 5.74) is 2.13. The molecule has 0 radical (unpaired) electrons. The number of piperidine rings is 1. The smallest absolute Gasteiger partial charge is 0.317 e. The number of ether oxygens (including phenoxy) is 1. The molecule has 1 aromatic heterocycles. The van der Waals surface area contributed by atoms with E-state index in [0.29, 0.717) is 12.5 Å². The second-order valence-corrected chi connectivity index (χ2v) is 7.73. The monoisotopic (exact) mass is 388 g/mol. The summed E-state index contributed by atoms with van der Waals surface area (Å²) in [6, 6.07) is 4.89. The van der Waals surface area contributed by atoms with Crippen LogP contribution in [-0.4, -0.2) is 73.3 Å². The summed E-state index contributed by atoms with van der Waals surface area (Å²) in [4.78, 5) is 20.0. The number of amides is 2. The van der Waals surface area contributed by atoms with Crippen LogP contribution in [-0.2, 0) is 4.74 Å². The molecular weight excluding hydrogens is 359 g/mol. The predicted octanol–water partition coefficient (Wildman–Crippen LogP) is 2.92. The molecule has 2 saturated heterocycles. The standard InChI is InChI=1S/C21H29FN4O2/c22-17-2-3-20-18(14-17)19(15-24-20)16-4-8-26(9-5-16)21(27)23-6-10-25-7-1-12-28-13-11-25/h2-3,14-16,24H,1,4-13H2,(H,23,27). The van der Waals surface area contributed by atoms with Crippen molar-refractivity contribution in [2.75, 3.05) is 52.5 Å². The molecule has 6 nitrogen and oxygen atoms in total. The van der Waals surface area contributed by atoms with Gasteiger partial charge in [-0.05, 0) is 48.9 Å². The van der Waals surface area contributed by atoms with Crippen LogP contribution in [0.3, 0.4) is 0 Å². The van der Waals surface area contributed by atoms with E-state index in [1.165, 1.54) is 6.07 Å². The molecule has 0 unspecified atom stereocenters. The van der Waals surface area contributed by atoms with Gasteiger partial charge < -0.3 is 19.9 Å². The van der Waals surface area contributed by atoms with Crippen molar-refractivity contribution in [1.29, 1.82) is 0 Å². The fourth-order valence-corrected chi connectivity index (χ4v) is 4.30. The molecule has 0 saturated carbocycles. The van der Waals surface area contributed by atoms with E-state index in [9.17, 15) is 9.18 Å². The summed E-state index contributed by atoms with van der Waals surface area (Å²) < 4.78 is 19.1. The average molecular weight is 388 g/mol. The molecule has 0 atom stereocenters. The van der Waals surface area contributed by atoms with Crippen LogP contribution in [0.25, 0.3) is 10.9 Å². The van der Waals surface area contributed by atoms with E-state index >= 15 is 0 Å². The molecule has 0 spiro atoms. The number of benzene rings is 1. The second-order valence-electron chi connectivity index (χ2n) is 7.73. The number of rotatable bonds is 4. The number of aromatic nitrogens is 1. The quantitative estimate of drug-likeness (QED) is 0.847. The Morgan fingerprint density at radius 2 is 2.07 bits per heavy atom. The van der Waals surface area contributed by atoms with Crippen LogP contribution in [0.1, 0.15) is 30.7 Å². The Labute approximate surface area is 165 Å². The first-order valence-corrected chi connectivity index (χ1v) is 10.3. The third-order valence-corrected chi connectivity index (χ3v) is 5.92. The zero-order valence-electron chi connectivity index (χ0n) is 16.3. The predicted molar refractivity (Wildman–Crippen MR) is 107 cm³/mol. The zero-order valence-corrected chi connectivity index (χ0v) is 16.3. The SMILES string of the molecule is O=C(NCCN1CCCOCC1)N1CCC(c2c[nH]c3ccc(F)cc23)CC1. The molecule has 0 aliphatic carbocycles. The minimum absolute atomic E-state index is 0.0227. The van der Waals surface area contributed by atoms with E-state index in [-0.39, 0.29) is 11.8 Å². The van der Waals surface area contributed by atoms with Crippen molar-refractivity contribution >= 4 is 16.9 Å². The van der Waals surface area contributed by atoms with Gasteiger partial charge in [-0.15, -0.1) is 0 Å². The maximum atomic E-state index is 13.6. The molecule has 3 heterocycles. The van der Waals surface area contributed by atoms with Crippen molar-refractivity contribution in [2.45, 2.75) is 25.2 Å². The number of halogens is 1. The van der Waals surface area contributed by atoms with Crippen LogP contribution >= 0.6 is 0 Å². The first kappa shape index (κ1) is 19.2. The maximum Gasteiger partial charge on any atom is 0.317 e. The first-order chi connectivity index (χ1) is 13.7. The van der Waals surface area contributed by atoms with E-state index < -0.39 is 0 Å².